The maximum Gasteiger partial charge on any atom is 0.304 e. The van der Waals surface area contributed by atoms with E-state index < -0.39 is 5.97 Å². The Morgan fingerprint density at radius 2 is 2.13 bits per heavy atom. The summed E-state index contributed by atoms with van der Waals surface area (Å²) in [6.07, 6.45) is 2.24. The molecule has 1 aliphatic rings. The van der Waals surface area contributed by atoms with Crippen LogP contribution in [0, 0.1) is 6.92 Å². The van der Waals surface area contributed by atoms with Gasteiger partial charge in [-0.1, -0.05) is 22.0 Å². The Morgan fingerprint density at radius 3 is 2.60 bits per heavy atom. The molecule has 15 heavy (non-hydrogen) atoms. The van der Waals surface area contributed by atoms with Crippen LogP contribution in [0.25, 0.3) is 0 Å². The Bertz CT molecular complexity index is 388. The molecule has 0 aromatic heterocycles. The molecule has 1 aliphatic carbocycles. The van der Waals surface area contributed by atoms with Gasteiger partial charge in [-0.05, 0) is 43.0 Å². The van der Waals surface area contributed by atoms with Crippen molar-refractivity contribution in [3.05, 3.63) is 33.8 Å². The molecule has 0 aliphatic heterocycles. The quantitative estimate of drug-likeness (QED) is 0.914. The van der Waals surface area contributed by atoms with E-state index in [1.54, 1.807) is 0 Å². The van der Waals surface area contributed by atoms with Gasteiger partial charge in [0.15, 0.2) is 0 Å². The van der Waals surface area contributed by atoms with Crippen LogP contribution in [0.5, 0.6) is 0 Å². The zero-order chi connectivity index (χ0) is 11.1. The molecule has 0 saturated heterocycles. The van der Waals surface area contributed by atoms with Crippen LogP contribution in [0.4, 0.5) is 0 Å². The van der Waals surface area contributed by atoms with Crippen molar-refractivity contribution in [2.75, 3.05) is 0 Å². The van der Waals surface area contributed by atoms with E-state index in [0.717, 1.165) is 22.9 Å². The van der Waals surface area contributed by atoms with Gasteiger partial charge in [0.2, 0.25) is 0 Å². The third-order valence-electron chi connectivity index (χ3n) is 3.00. The van der Waals surface area contributed by atoms with E-state index in [0.29, 0.717) is 0 Å². The first-order valence-corrected chi connectivity index (χ1v) is 5.81. The molecule has 3 heteroatoms. The fourth-order valence-corrected chi connectivity index (χ4v) is 2.66. The molecule has 0 spiro atoms. The van der Waals surface area contributed by atoms with E-state index in [2.05, 4.69) is 22.0 Å². The van der Waals surface area contributed by atoms with Crippen molar-refractivity contribution in [1.29, 1.82) is 0 Å². The highest BCUT2D eigenvalue weighted by Gasteiger charge is 2.46. The molecule has 1 aromatic rings. The van der Waals surface area contributed by atoms with Gasteiger partial charge in [0.25, 0.3) is 0 Å². The molecular weight excluding hydrogens is 256 g/mol. The van der Waals surface area contributed by atoms with Crippen LogP contribution in [0.1, 0.15) is 30.4 Å². The normalized spacial score (nSPS) is 17.5. The second kappa shape index (κ2) is 3.63. The van der Waals surface area contributed by atoms with Gasteiger partial charge < -0.3 is 5.11 Å². The molecule has 80 valence electrons. The van der Waals surface area contributed by atoms with Gasteiger partial charge in [0, 0.05) is 9.89 Å². The largest absolute Gasteiger partial charge is 0.481 e. The van der Waals surface area contributed by atoms with Crippen LogP contribution in [0.15, 0.2) is 22.7 Å². The van der Waals surface area contributed by atoms with Crippen LogP contribution >= 0.6 is 15.9 Å². The van der Waals surface area contributed by atoms with Crippen molar-refractivity contribution < 1.29 is 9.90 Å². The molecule has 2 nitrogen and oxygen atoms in total. The van der Waals surface area contributed by atoms with E-state index in [1.165, 1.54) is 5.56 Å². The lowest BCUT2D eigenvalue weighted by Gasteiger charge is -2.14. The van der Waals surface area contributed by atoms with Crippen molar-refractivity contribution in [2.45, 2.75) is 31.6 Å². The molecule has 0 radical (unpaired) electrons. The number of hydrogen-bond acceptors (Lipinski definition) is 1. The predicted molar refractivity (Wildman–Crippen MR) is 62.0 cm³/mol. The van der Waals surface area contributed by atoms with Crippen LogP contribution in [-0.2, 0) is 10.2 Å². The summed E-state index contributed by atoms with van der Waals surface area (Å²) in [5, 5.41) is 8.88. The fourth-order valence-electron chi connectivity index (χ4n) is 2.05. The Morgan fingerprint density at radius 1 is 1.47 bits per heavy atom. The summed E-state index contributed by atoms with van der Waals surface area (Å²) in [7, 11) is 0. The Balaban J connectivity index is 2.32. The first kappa shape index (κ1) is 10.7. The lowest BCUT2D eigenvalue weighted by molar-refractivity contribution is -0.137. The number of carboxylic acids is 1. The molecule has 2 rings (SSSR count). The number of benzene rings is 1. The first-order valence-electron chi connectivity index (χ1n) is 5.01. The summed E-state index contributed by atoms with van der Waals surface area (Å²) in [5.41, 5.74) is 2.26. The highest BCUT2D eigenvalue weighted by Crippen LogP contribution is 2.51. The van der Waals surface area contributed by atoms with Crippen molar-refractivity contribution in [2.24, 2.45) is 0 Å². The molecule has 0 amide bonds. The van der Waals surface area contributed by atoms with Gasteiger partial charge >= 0.3 is 5.97 Å². The van der Waals surface area contributed by atoms with Gasteiger partial charge in [0.05, 0.1) is 6.42 Å². The van der Waals surface area contributed by atoms with Crippen LogP contribution in [0.2, 0.25) is 0 Å². The fraction of sp³-hybridized carbons (Fsp3) is 0.417. The SMILES string of the molecule is Cc1cc(Br)cc(C2(CC(=O)O)CC2)c1. The number of hydrogen-bond donors (Lipinski definition) is 1. The molecule has 0 unspecified atom stereocenters. The van der Waals surface area contributed by atoms with Gasteiger partial charge in [-0.3, -0.25) is 4.79 Å². The molecular formula is C12H13BrO2. The molecule has 0 heterocycles. The molecule has 1 N–H and O–H groups in total. The standard InChI is InChI=1S/C12H13BrO2/c1-8-4-9(6-10(13)5-8)12(2-3-12)7-11(14)15/h4-6H,2-3,7H2,1H3,(H,14,15). The number of halogens is 1. The minimum Gasteiger partial charge on any atom is -0.481 e. The molecule has 0 atom stereocenters. The predicted octanol–water partition coefficient (Wildman–Crippen LogP) is 3.26. The van der Waals surface area contributed by atoms with Gasteiger partial charge in [0.1, 0.15) is 0 Å². The zero-order valence-corrected chi connectivity index (χ0v) is 10.2. The van der Waals surface area contributed by atoms with E-state index in [1.807, 2.05) is 19.1 Å². The third-order valence-corrected chi connectivity index (χ3v) is 3.46. The Hall–Kier alpha value is -0.830. The molecule has 0 bridgehead atoms. The summed E-state index contributed by atoms with van der Waals surface area (Å²) in [4.78, 5) is 10.8. The van der Waals surface area contributed by atoms with Crippen LogP contribution in [0.3, 0.4) is 0 Å². The average molecular weight is 269 g/mol. The minimum absolute atomic E-state index is 0.0830. The second-order valence-electron chi connectivity index (χ2n) is 4.37. The van der Waals surface area contributed by atoms with Gasteiger partial charge in [-0.2, -0.15) is 0 Å². The summed E-state index contributed by atoms with van der Waals surface area (Å²) in [6.45, 7) is 2.03. The molecule has 1 fully saturated rings. The highest BCUT2D eigenvalue weighted by atomic mass is 79.9. The summed E-state index contributed by atoms with van der Waals surface area (Å²) in [6, 6.07) is 6.18. The van der Waals surface area contributed by atoms with E-state index in [-0.39, 0.29) is 11.8 Å². The second-order valence-corrected chi connectivity index (χ2v) is 5.28. The number of carbonyl (C=O) groups is 1. The van der Waals surface area contributed by atoms with Crippen LogP contribution in [-0.4, -0.2) is 11.1 Å². The number of carboxylic acid groups (broad SMARTS) is 1. The smallest absolute Gasteiger partial charge is 0.304 e. The summed E-state index contributed by atoms with van der Waals surface area (Å²) >= 11 is 3.45. The minimum atomic E-state index is -0.704. The van der Waals surface area contributed by atoms with E-state index in [9.17, 15) is 4.79 Å². The lowest BCUT2D eigenvalue weighted by Crippen LogP contribution is -2.13. The van der Waals surface area contributed by atoms with Gasteiger partial charge in [-0.15, -0.1) is 0 Å². The summed E-state index contributed by atoms with van der Waals surface area (Å²) < 4.78 is 1.04. The average Bonchev–Trinajstić information content (AvgIpc) is 2.82. The van der Waals surface area contributed by atoms with Gasteiger partial charge in [-0.25, -0.2) is 0 Å². The maximum atomic E-state index is 10.8. The summed E-state index contributed by atoms with van der Waals surface area (Å²) in [5.74, 6) is -0.704. The zero-order valence-electron chi connectivity index (χ0n) is 8.59. The number of aliphatic carboxylic acids is 1. The third kappa shape index (κ3) is 2.23. The molecule has 1 saturated carbocycles. The Kier molecular flexibility index (Phi) is 2.59. The van der Waals surface area contributed by atoms with Crippen molar-refractivity contribution in [3.63, 3.8) is 0 Å². The molecule has 1 aromatic carbocycles. The number of rotatable bonds is 3. The highest BCUT2D eigenvalue weighted by molar-refractivity contribution is 9.10. The monoisotopic (exact) mass is 268 g/mol. The Labute approximate surface area is 97.4 Å². The topological polar surface area (TPSA) is 37.3 Å². The van der Waals surface area contributed by atoms with Crippen molar-refractivity contribution >= 4 is 21.9 Å². The maximum absolute atomic E-state index is 10.8. The van der Waals surface area contributed by atoms with E-state index >= 15 is 0 Å². The van der Waals surface area contributed by atoms with Crippen LogP contribution < -0.4 is 0 Å². The number of aryl methyl sites for hydroxylation is 1. The van der Waals surface area contributed by atoms with E-state index in [4.69, 9.17) is 5.11 Å². The van der Waals surface area contributed by atoms with Crippen molar-refractivity contribution in [3.8, 4) is 0 Å². The van der Waals surface area contributed by atoms with Crippen molar-refractivity contribution in [1.82, 2.24) is 0 Å². The first-order chi connectivity index (χ1) is 7.02. The lowest BCUT2D eigenvalue weighted by atomic mass is 9.91.